The second kappa shape index (κ2) is 7.09. The fourth-order valence-electron chi connectivity index (χ4n) is 1.39. The van der Waals surface area contributed by atoms with Gasteiger partial charge in [0.2, 0.25) is 17.8 Å². The molecule has 0 bridgehead atoms. The van der Waals surface area contributed by atoms with Gasteiger partial charge in [0.05, 0.1) is 13.2 Å². The van der Waals surface area contributed by atoms with E-state index < -0.39 is 0 Å². The third-order valence-corrected chi connectivity index (χ3v) is 2.30. The molecule has 0 radical (unpaired) electrons. The number of amides is 1. The maximum absolute atomic E-state index is 11.5. The van der Waals surface area contributed by atoms with E-state index in [9.17, 15) is 4.79 Å². The molecule has 2 heterocycles. The van der Waals surface area contributed by atoms with Crippen molar-refractivity contribution < 1.29 is 9.53 Å². The molecular formula is C10H15N9O2. The minimum absolute atomic E-state index is 0.00393. The van der Waals surface area contributed by atoms with Crippen molar-refractivity contribution in [2.24, 2.45) is 0 Å². The molecule has 0 saturated heterocycles. The Bertz CT molecular complexity index is 586. The Hall–Kier alpha value is -2.82. The summed E-state index contributed by atoms with van der Waals surface area (Å²) in [4.78, 5) is 27.2. The number of nitrogen functional groups attached to an aromatic ring is 1. The molecular weight excluding hydrogens is 278 g/mol. The third kappa shape index (κ3) is 4.35. The number of hydrogen-bond acceptors (Lipinski definition) is 9. The molecule has 2 aromatic rings. The van der Waals surface area contributed by atoms with Gasteiger partial charge in [-0.05, 0) is 0 Å². The lowest BCUT2D eigenvalue weighted by molar-refractivity contribution is -0.119. The summed E-state index contributed by atoms with van der Waals surface area (Å²) in [5.74, 6) is 0.184. The molecule has 0 atom stereocenters. The molecule has 0 fully saturated rings. The van der Waals surface area contributed by atoms with Crippen molar-refractivity contribution in [1.29, 1.82) is 0 Å². The summed E-state index contributed by atoms with van der Waals surface area (Å²) in [5, 5.41) is 9.30. The standard InChI is InChI=1S/C10H15N9O2/c1-21-3-2-13-7(20)4-14-9-16-8(11)17-10(18-9)19-6-12-5-15-19/h5-6H,2-4H2,1H3,(H,13,20)(H3,11,14,16,17,18). The van der Waals surface area contributed by atoms with E-state index in [0.717, 1.165) is 0 Å². The minimum Gasteiger partial charge on any atom is -0.383 e. The van der Waals surface area contributed by atoms with Crippen LogP contribution in [0.25, 0.3) is 5.95 Å². The van der Waals surface area contributed by atoms with Gasteiger partial charge < -0.3 is 21.1 Å². The Morgan fingerprint density at radius 3 is 3.00 bits per heavy atom. The average molecular weight is 293 g/mol. The van der Waals surface area contributed by atoms with Crippen molar-refractivity contribution in [3.63, 3.8) is 0 Å². The predicted octanol–water partition coefficient (Wildman–Crippen LogP) is -1.79. The number of ether oxygens (including phenoxy) is 1. The highest BCUT2D eigenvalue weighted by Crippen LogP contribution is 2.05. The summed E-state index contributed by atoms with van der Waals surface area (Å²) in [6.07, 6.45) is 2.77. The number of aromatic nitrogens is 6. The lowest BCUT2D eigenvalue weighted by Gasteiger charge is -2.07. The van der Waals surface area contributed by atoms with Crippen molar-refractivity contribution in [2.75, 3.05) is 37.9 Å². The number of carbonyl (C=O) groups is 1. The van der Waals surface area contributed by atoms with E-state index in [4.69, 9.17) is 10.5 Å². The second-order valence-corrected chi connectivity index (χ2v) is 3.85. The van der Waals surface area contributed by atoms with Crippen LogP contribution >= 0.6 is 0 Å². The maximum atomic E-state index is 11.5. The van der Waals surface area contributed by atoms with Crippen LogP contribution in [0.1, 0.15) is 0 Å². The molecule has 2 aromatic heterocycles. The van der Waals surface area contributed by atoms with Crippen molar-refractivity contribution in [1.82, 2.24) is 35.0 Å². The zero-order chi connectivity index (χ0) is 15.1. The molecule has 0 aliphatic heterocycles. The predicted molar refractivity (Wildman–Crippen MR) is 72.5 cm³/mol. The van der Waals surface area contributed by atoms with Gasteiger partial charge in [-0.3, -0.25) is 4.79 Å². The molecule has 21 heavy (non-hydrogen) atoms. The topological polar surface area (TPSA) is 146 Å². The Morgan fingerprint density at radius 2 is 2.29 bits per heavy atom. The summed E-state index contributed by atoms with van der Waals surface area (Å²) in [6.45, 7) is 0.880. The lowest BCUT2D eigenvalue weighted by atomic mass is 10.5. The molecule has 11 heteroatoms. The molecule has 4 N–H and O–H groups in total. The highest BCUT2D eigenvalue weighted by molar-refractivity contribution is 5.80. The van der Waals surface area contributed by atoms with Crippen LogP contribution in [-0.2, 0) is 9.53 Å². The van der Waals surface area contributed by atoms with Crippen LogP contribution in [0.2, 0.25) is 0 Å². The zero-order valence-electron chi connectivity index (χ0n) is 11.4. The number of nitrogens with zero attached hydrogens (tertiary/aromatic N) is 6. The summed E-state index contributed by atoms with van der Waals surface area (Å²) in [6, 6.07) is 0. The number of methoxy groups -OCH3 is 1. The van der Waals surface area contributed by atoms with Crippen molar-refractivity contribution in [3.8, 4) is 5.95 Å². The van der Waals surface area contributed by atoms with Crippen LogP contribution in [0, 0.1) is 0 Å². The normalized spacial score (nSPS) is 10.3. The maximum Gasteiger partial charge on any atom is 0.258 e. The van der Waals surface area contributed by atoms with Gasteiger partial charge in [-0.25, -0.2) is 4.98 Å². The number of hydrogen-bond donors (Lipinski definition) is 3. The van der Waals surface area contributed by atoms with Gasteiger partial charge in [0.1, 0.15) is 12.7 Å². The number of nitrogens with two attached hydrogens (primary N) is 1. The average Bonchev–Trinajstić information content (AvgIpc) is 2.99. The SMILES string of the molecule is COCCNC(=O)CNc1nc(N)nc(-n2cncn2)n1. The Balaban J connectivity index is 1.96. The monoisotopic (exact) mass is 293 g/mol. The van der Waals surface area contributed by atoms with Crippen molar-refractivity contribution in [3.05, 3.63) is 12.7 Å². The molecule has 0 unspecified atom stereocenters. The quantitative estimate of drug-likeness (QED) is 0.503. The van der Waals surface area contributed by atoms with E-state index in [1.165, 1.54) is 17.3 Å². The van der Waals surface area contributed by atoms with Gasteiger partial charge in [-0.15, -0.1) is 0 Å². The molecule has 1 amide bonds. The van der Waals surface area contributed by atoms with Crippen molar-refractivity contribution >= 4 is 17.8 Å². The minimum atomic E-state index is -0.215. The fourth-order valence-corrected chi connectivity index (χ4v) is 1.39. The number of nitrogens with one attached hydrogen (secondary N) is 2. The molecule has 0 aromatic carbocycles. The fraction of sp³-hybridized carbons (Fsp3) is 0.400. The molecule has 0 aliphatic rings. The summed E-state index contributed by atoms with van der Waals surface area (Å²) in [5.41, 5.74) is 5.59. The summed E-state index contributed by atoms with van der Waals surface area (Å²) >= 11 is 0. The highest BCUT2D eigenvalue weighted by atomic mass is 16.5. The van der Waals surface area contributed by atoms with Crippen LogP contribution in [-0.4, -0.2) is 62.4 Å². The van der Waals surface area contributed by atoms with Gasteiger partial charge in [0.15, 0.2) is 0 Å². The van der Waals surface area contributed by atoms with E-state index >= 15 is 0 Å². The van der Waals surface area contributed by atoms with Crippen LogP contribution in [0.5, 0.6) is 0 Å². The van der Waals surface area contributed by atoms with Gasteiger partial charge in [0, 0.05) is 13.7 Å². The molecule has 0 aliphatic carbocycles. The third-order valence-electron chi connectivity index (χ3n) is 2.30. The number of carbonyl (C=O) groups excluding carboxylic acids is 1. The largest absolute Gasteiger partial charge is 0.383 e. The van der Waals surface area contributed by atoms with E-state index in [0.29, 0.717) is 13.2 Å². The first kappa shape index (κ1) is 14.6. The summed E-state index contributed by atoms with van der Waals surface area (Å²) < 4.78 is 6.16. The van der Waals surface area contributed by atoms with Gasteiger partial charge in [-0.1, -0.05) is 0 Å². The first-order valence-corrected chi connectivity index (χ1v) is 6.05. The van der Waals surface area contributed by atoms with Gasteiger partial charge >= 0.3 is 0 Å². The van der Waals surface area contributed by atoms with Crippen LogP contribution in [0.3, 0.4) is 0 Å². The lowest BCUT2D eigenvalue weighted by Crippen LogP contribution is -2.32. The van der Waals surface area contributed by atoms with Gasteiger partial charge in [0.25, 0.3) is 5.95 Å². The van der Waals surface area contributed by atoms with E-state index in [-0.39, 0.29) is 30.3 Å². The number of rotatable bonds is 7. The first-order chi connectivity index (χ1) is 10.2. The smallest absolute Gasteiger partial charge is 0.258 e. The van der Waals surface area contributed by atoms with Crippen LogP contribution in [0.4, 0.5) is 11.9 Å². The van der Waals surface area contributed by atoms with E-state index in [1.807, 2.05) is 0 Å². The van der Waals surface area contributed by atoms with E-state index in [2.05, 4.69) is 35.7 Å². The highest BCUT2D eigenvalue weighted by Gasteiger charge is 2.08. The molecule has 2 rings (SSSR count). The van der Waals surface area contributed by atoms with E-state index in [1.54, 1.807) is 7.11 Å². The summed E-state index contributed by atoms with van der Waals surface area (Å²) in [7, 11) is 1.56. The Morgan fingerprint density at radius 1 is 1.43 bits per heavy atom. The van der Waals surface area contributed by atoms with Gasteiger partial charge in [-0.2, -0.15) is 24.7 Å². The Kier molecular flexibility index (Phi) is 4.93. The first-order valence-electron chi connectivity index (χ1n) is 6.05. The molecule has 11 nitrogen and oxygen atoms in total. The Labute approximate surface area is 120 Å². The zero-order valence-corrected chi connectivity index (χ0v) is 11.4. The number of anilines is 2. The second-order valence-electron chi connectivity index (χ2n) is 3.85. The van der Waals surface area contributed by atoms with Crippen molar-refractivity contribution in [2.45, 2.75) is 0 Å². The molecule has 112 valence electrons. The molecule has 0 spiro atoms. The van der Waals surface area contributed by atoms with Crippen LogP contribution < -0.4 is 16.4 Å². The van der Waals surface area contributed by atoms with Crippen LogP contribution in [0.15, 0.2) is 12.7 Å². The molecule has 0 saturated carbocycles.